The molecule has 4 nitrogen and oxygen atoms in total. The topological polar surface area (TPSA) is 62.2 Å². The normalized spacial score (nSPS) is 10.1. The SMILES string of the molecule is O=C(O)c1cccnc1NCc1ccc(Br)cc1. The van der Waals surface area contributed by atoms with Crippen LogP contribution in [0.2, 0.25) is 0 Å². The summed E-state index contributed by atoms with van der Waals surface area (Å²) >= 11 is 3.36. The molecule has 2 aromatic rings. The van der Waals surface area contributed by atoms with Crippen molar-refractivity contribution in [3.8, 4) is 0 Å². The Morgan fingerprint density at radius 1 is 1.28 bits per heavy atom. The van der Waals surface area contributed by atoms with Crippen molar-refractivity contribution in [3.05, 3.63) is 58.2 Å². The van der Waals surface area contributed by atoms with Crippen molar-refractivity contribution >= 4 is 27.7 Å². The number of halogens is 1. The lowest BCUT2D eigenvalue weighted by Crippen LogP contribution is -2.07. The highest BCUT2D eigenvalue weighted by atomic mass is 79.9. The van der Waals surface area contributed by atoms with Crippen LogP contribution in [0.1, 0.15) is 15.9 Å². The third-order valence-electron chi connectivity index (χ3n) is 2.41. The Bertz CT molecular complexity index is 555. The summed E-state index contributed by atoms with van der Waals surface area (Å²) in [5.41, 5.74) is 1.23. The van der Waals surface area contributed by atoms with Gasteiger partial charge in [0.2, 0.25) is 0 Å². The molecule has 18 heavy (non-hydrogen) atoms. The van der Waals surface area contributed by atoms with Gasteiger partial charge < -0.3 is 10.4 Å². The van der Waals surface area contributed by atoms with Gasteiger partial charge in [-0.3, -0.25) is 0 Å². The maximum atomic E-state index is 11.0. The number of aromatic carboxylic acids is 1. The molecule has 0 saturated heterocycles. The van der Waals surface area contributed by atoms with Crippen molar-refractivity contribution < 1.29 is 9.90 Å². The molecule has 0 aliphatic heterocycles. The molecule has 92 valence electrons. The van der Waals surface area contributed by atoms with E-state index >= 15 is 0 Å². The summed E-state index contributed by atoms with van der Waals surface area (Å²) in [7, 11) is 0. The second kappa shape index (κ2) is 5.64. The molecule has 0 radical (unpaired) electrons. The van der Waals surface area contributed by atoms with Gasteiger partial charge in [0.25, 0.3) is 0 Å². The van der Waals surface area contributed by atoms with Gasteiger partial charge in [-0.15, -0.1) is 0 Å². The minimum absolute atomic E-state index is 0.176. The van der Waals surface area contributed by atoms with Crippen molar-refractivity contribution in [2.75, 3.05) is 5.32 Å². The largest absolute Gasteiger partial charge is 0.478 e. The highest BCUT2D eigenvalue weighted by molar-refractivity contribution is 9.10. The molecule has 0 spiro atoms. The van der Waals surface area contributed by atoms with E-state index in [2.05, 4.69) is 26.2 Å². The molecule has 0 saturated carbocycles. The Morgan fingerprint density at radius 3 is 2.67 bits per heavy atom. The number of pyridine rings is 1. The van der Waals surface area contributed by atoms with Crippen LogP contribution >= 0.6 is 15.9 Å². The Kier molecular flexibility index (Phi) is 3.94. The van der Waals surface area contributed by atoms with Crippen molar-refractivity contribution in [3.63, 3.8) is 0 Å². The third kappa shape index (κ3) is 3.07. The van der Waals surface area contributed by atoms with Crippen LogP contribution in [0.25, 0.3) is 0 Å². The van der Waals surface area contributed by atoms with Gasteiger partial charge in [-0.25, -0.2) is 9.78 Å². The summed E-state index contributed by atoms with van der Waals surface area (Å²) in [5, 5.41) is 12.0. The molecule has 0 bridgehead atoms. The first-order chi connectivity index (χ1) is 8.66. The molecule has 1 aromatic carbocycles. The van der Waals surface area contributed by atoms with Crippen LogP contribution in [0.15, 0.2) is 47.1 Å². The van der Waals surface area contributed by atoms with Crippen LogP contribution in [-0.2, 0) is 6.54 Å². The Hall–Kier alpha value is -1.88. The molecule has 5 heteroatoms. The Balaban J connectivity index is 2.10. The van der Waals surface area contributed by atoms with Gasteiger partial charge in [-0.05, 0) is 29.8 Å². The van der Waals surface area contributed by atoms with Crippen molar-refractivity contribution in [1.29, 1.82) is 0 Å². The molecule has 0 aliphatic rings. The van der Waals surface area contributed by atoms with E-state index in [1.807, 2.05) is 24.3 Å². The third-order valence-corrected chi connectivity index (χ3v) is 2.94. The van der Waals surface area contributed by atoms with E-state index in [1.165, 1.54) is 6.07 Å². The van der Waals surface area contributed by atoms with Crippen LogP contribution in [0.5, 0.6) is 0 Å². The number of carbonyl (C=O) groups is 1. The van der Waals surface area contributed by atoms with Crippen molar-refractivity contribution in [2.45, 2.75) is 6.54 Å². The molecular formula is C13H11BrN2O2. The van der Waals surface area contributed by atoms with E-state index in [9.17, 15) is 4.79 Å². The van der Waals surface area contributed by atoms with Gasteiger partial charge in [0.05, 0.1) is 0 Å². The predicted octanol–water partition coefficient (Wildman–Crippen LogP) is 3.15. The van der Waals surface area contributed by atoms with Crippen molar-refractivity contribution in [1.82, 2.24) is 4.98 Å². The Labute approximate surface area is 113 Å². The molecule has 2 N–H and O–H groups in total. The van der Waals surface area contributed by atoms with Gasteiger partial charge in [0.15, 0.2) is 0 Å². The smallest absolute Gasteiger partial charge is 0.339 e. The molecule has 1 aromatic heterocycles. The van der Waals surface area contributed by atoms with E-state index in [0.29, 0.717) is 12.4 Å². The standard InChI is InChI=1S/C13H11BrN2O2/c14-10-5-3-9(4-6-10)8-16-12-11(13(17)18)2-1-7-15-12/h1-7H,8H2,(H,15,16)(H,17,18). The van der Waals surface area contributed by atoms with Crippen LogP contribution < -0.4 is 5.32 Å². The zero-order valence-electron chi connectivity index (χ0n) is 9.43. The maximum absolute atomic E-state index is 11.0. The van der Waals surface area contributed by atoms with E-state index in [0.717, 1.165) is 10.0 Å². The van der Waals surface area contributed by atoms with Crippen LogP contribution in [0, 0.1) is 0 Å². The first-order valence-corrected chi connectivity index (χ1v) is 6.13. The van der Waals surface area contributed by atoms with Crippen LogP contribution in [-0.4, -0.2) is 16.1 Å². The summed E-state index contributed by atoms with van der Waals surface area (Å²) in [6.07, 6.45) is 1.57. The second-order valence-corrected chi connectivity index (χ2v) is 4.60. The number of anilines is 1. The van der Waals surface area contributed by atoms with E-state index in [-0.39, 0.29) is 5.56 Å². The van der Waals surface area contributed by atoms with Gasteiger partial charge in [0.1, 0.15) is 11.4 Å². The minimum atomic E-state index is -0.985. The maximum Gasteiger partial charge on any atom is 0.339 e. The van der Waals surface area contributed by atoms with Crippen LogP contribution in [0.3, 0.4) is 0 Å². The number of nitrogens with one attached hydrogen (secondary N) is 1. The zero-order chi connectivity index (χ0) is 13.0. The number of benzene rings is 1. The molecule has 0 unspecified atom stereocenters. The number of hydrogen-bond acceptors (Lipinski definition) is 3. The highest BCUT2D eigenvalue weighted by Crippen LogP contribution is 2.14. The number of carboxylic acids is 1. The number of rotatable bonds is 4. The van der Waals surface area contributed by atoms with Gasteiger partial charge >= 0.3 is 5.97 Å². The first kappa shape index (κ1) is 12.6. The zero-order valence-corrected chi connectivity index (χ0v) is 11.0. The lowest BCUT2D eigenvalue weighted by atomic mass is 10.2. The quantitative estimate of drug-likeness (QED) is 0.911. The first-order valence-electron chi connectivity index (χ1n) is 5.33. The Morgan fingerprint density at radius 2 is 2.00 bits per heavy atom. The van der Waals surface area contributed by atoms with Crippen molar-refractivity contribution in [2.24, 2.45) is 0 Å². The number of carboxylic acid groups (broad SMARTS) is 1. The summed E-state index contributed by atoms with van der Waals surface area (Å²) in [5.74, 6) is -0.602. The molecule has 0 amide bonds. The minimum Gasteiger partial charge on any atom is -0.478 e. The van der Waals surface area contributed by atoms with Gasteiger partial charge in [0, 0.05) is 17.2 Å². The highest BCUT2D eigenvalue weighted by Gasteiger charge is 2.09. The van der Waals surface area contributed by atoms with E-state index < -0.39 is 5.97 Å². The number of hydrogen-bond donors (Lipinski definition) is 2. The van der Waals surface area contributed by atoms with E-state index in [1.54, 1.807) is 12.3 Å². The molecule has 1 heterocycles. The summed E-state index contributed by atoms with van der Waals surface area (Å²) in [6, 6.07) is 10.9. The fraction of sp³-hybridized carbons (Fsp3) is 0.0769. The van der Waals surface area contributed by atoms with E-state index in [4.69, 9.17) is 5.11 Å². The molecule has 0 fully saturated rings. The summed E-state index contributed by atoms with van der Waals surface area (Å²) < 4.78 is 1.01. The lowest BCUT2D eigenvalue weighted by molar-refractivity contribution is 0.0697. The fourth-order valence-corrected chi connectivity index (χ4v) is 1.77. The average Bonchev–Trinajstić information content (AvgIpc) is 2.38. The molecule has 2 rings (SSSR count). The number of nitrogens with zero attached hydrogens (tertiary/aromatic N) is 1. The monoisotopic (exact) mass is 306 g/mol. The fourth-order valence-electron chi connectivity index (χ4n) is 1.51. The van der Waals surface area contributed by atoms with Gasteiger partial charge in [-0.2, -0.15) is 0 Å². The molecular weight excluding hydrogens is 296 g/mol. The van der Waals surface area contributed by atoms with Gasteiger partial charge in [-0.1, -0.05) is 28.1 Å². The summed E-state index contributed by atoms with van der Waals surface area (Å²) in [4.78, 5) is 15.0. The molecule has 0 aliphatic carbocycles. The number of aromatic nitrogens is 1. The lowest BCUT2D eigenvalue weighted by Gasteiger charge is -2.08. The van der Waals surface area contributed by atoms with Crippen LogP contribution in [0.4, 0.5) is 5.82 Å². The second-order valence-electron chi connectivity index (χ2n) is 3.68. The average molecular weight is 307 g/mol. The predicted molar refractivity (Wildman–Crippen MR) is 72.7 cm³/mol. The summed E-state index contributed by atoms with van der Waals surface area (Å²) in [6.45, 7) is 0.532. The molecule has 0 atom stereocenters.